The van der Waals surface area contributed by atoms with Gasteiger partial charge in [0.1, 0.15) is 17.5 Å². The first-order valence-electron chi connectivity index (χ1n) is 9.50. The van der Waals surface area contributed by atoms with E-state index in [0.717, 1.165) is 13.0 Å². The first-order chi connectivity index (χ1) is 15.9. The Balaban J connectivity index is 2.45. The van der Waals surface area contributed by atoms with Gasteiger partial charge in [-0.25, -0.2) is 13.2 Å². The Bertz CT molecular complexity index is 1200. The van der Waals surface area contributed by atoms with Crippen LogP contribution >= 0.6 is 0 Å². The van der Waals surface area contributed by atoms with Crippen LogP contribution in [0.25, 0.3) is 0 Å². The predicted octanol–water partition coefficient (Wildman–Crippen LogP) is 5.98. The predicted molar refractivity (Wildman–Crippen MR) is 104 cm³/mol. The smallest absolute Gasteiger partial charge is 0.207 e. The second-order valence-corrected chi connectivity index (χ2v) is 7.69. The number of alkyl halides is 9. The third kappa shape index (κ3) is 5.76. The van der Waals surface area contributed by atoms with Crippen molar-refractivity contribution >= 4 is 23.1 Å². The Morgan fingerprint density at radius 3 is 1.29 bits per heavy atom. The summed E-state index contributed by atoms with van der Waals surface area (Å²) in [5.74, 6) is -4.88. The molecule has 0 aromatic heterocycles. The van der Waals surface area contributed by atoms with E-state index >= 15 is 0 Å². The second kappa shape index (κ2) is 8.83. The van der Waals surface area contributed by atoms with E-state index in [1.807, 2.05) is 0 Å². The maximum atomic E-state index is 14.7. The van der Waals surface area contributed by atoms with Crippen LogP contribution in [0, 0.1) is 24.4 Å². The number of benzene rings is 3. The number of hydrogen-bond acceptors (Lipinski definition) is 0. The Morgan fingerprint density at radius 2 is 0.886 bits per heavy atom. The maximum Gasteiger partial charge on any atom is 0.416 e. The average Bonchev–Trinajstić information content (AvgIpc) is 2.67. The molecule has 3 rings (SSSR count). The molecule has 0 radical (unpaired) electrons. The van der Waals surface area contributed by atoms with Crippen LogP contribution in [0.4, 0.5) is 52.7 Å². The van der Waals surface area contributed by atoms with E-state index in [9.17, 15) is 52.7 Å². The average molecular weight is 514 g/mol. The number of halogens is 12. The summed E-state index contributed by atoms with van der Waals surface area (Å²) in [5.41, 5.74) is -8.09. The molecule has 0 unspecified atom stereocenters. The van der Waals surface area contributed by atoms with Gasteiger partial charge >= 0.3 is 18.5 Å². The van der Waals surface area contributed by atoms with Gasteiger partial charge in [0.05, 0.1) is 16.7 Å². The molecular weight excluding hydrogens is 503 g/mol. The van der Waals surface area contributed by atoms with Gasteiger partial charge in [-0.1, -0.05) is 40.8 Å². The maximum absolute atomic E-state index is 14.7. The van der Waals surface area contributed by atoms with Crippen molar-refractivity contribution in [2.24, 2.45) is 0 Å². The zero-order chi connectivity index (χ0) is 26.5. The molecule has 0 spiro atoms. The van der Waals surface area contributed by atoms with E-state index in [2.05, 4.69) is 0 Å². The summed E-state index contributed by atoms with van der Waals surface area (Å²) in [6.45, 7) is -1.08. The van der Waals surface area contributed by atoms with Gasteiger partial charge < -0.3 is 0 Å². The highest BCUT2D eigenvalue weighted by molar-refractivity contribution is 6.95. The van der Waals surface area contributed by atoms with Gasteiger partial charge in [0.2, 0.25) is 6.71 Å². The lowest BCUT2D eigenvalue weighted by Gasteiger charge is -2.22. The molecule has 35 heavy (non-hydrogen) atoms. The molecule has 0 saturated carbocycles. The summed E-state index contributed by atoms with van der Waals surface area (Å²) in [4.78, 5) is 0. The lowest BCUT2D eigenvalue weighted by molar-refractivity contribution is -0.143. The summed E-state index contributed by atoms with van der Waals surface area (Å²) in [6, 6.07) is 2.20. The van der Waals surface area contributed by atoms with Crippen LogP contribution in [0.2, 0.25) is 0 Å². The van der Waals surface area contributed by atoms with Crippen molar-refractivity contribution in [3.8, 4) is 0 Å². The van der Waals surface area contributed by atoms with Crippen molar-refractivity contribution in [2.45, 2.75) is 25.5 Å². The van der Waals surface area contributed by atoms with Crippen LogP contribution in [0.1, 0.15) is 22.3 Å². The molecule has 3 aromatic carbocycles. The first kappa shape index (κ1) is 26.5. The van der Waals surface area contributed by atoms with Crippen molar-refractivity contribution in [1.29, 1.82) is 0 Å². The van der Waals surface area contributed by atoms with Crippen LogP contribution in [0.15, 0.2) is 48.5 Å². The molecule has 0 nitrogen and oxygen atoms in total. The number of hydrogen-bond donors (Lipinski definition) is 0. The first-order valence-corrected chi connectivity index (χ1v) is 9.50. The molecule has 0 atom stereocenters. The number of rotatable bonds is 3. The minimum Gasteiger partial charge on any atom is -0.207 e. The molecule has 0 heterocycles. The standard InChI is InChI=1S/C22H11BF12/c1-10-2-11(20(27,28)29)5-14(3-10)23(19-17(25)8-16(24)9-18(19)26)15-6-12(21(30,31)32)4-13(7-15)22(33,34)35/h2-9H,1H3. The number of aryl methyl sites for hydroxylation is 1. The van der Waals surface area contributed by atoms with Crippen molar-refractivity contribution in [3.05, 3.63) is 88.2 Å². The zero-order valence-corrected chi connectivity index (χ0v) is 17.2. The van der Waals surface area contributed by atoms with E-state index in [1.165, 1.54) is 0 Å². The highest BCUT2D eigenvalue weighted by Gasteiger charge is 2.40. The van der Waals surface area contributed by atoms with Gasteiger partial charge in [0, 0.05) is 17.6 Å². The third-order valence-corrected chi connectivity index (χ3v) is 5.04. The molecule has 13 heteroatoms. The Labute approximate surface area is 190 Å². The van der Waals surface area contributed by atoms with Gasteiger partial charge in [0.15, 0.2) is 0 Å². The fraction of sp³-hybridized carbons (Fsp3) is 0.182. The van der Waals surface area contributed by atoms with E-state index in [0.29, 0.717) is 12.1 Å². The summed E-state index contributed by atoms with van der Waals surface area (Å²) in [6.07, 6.45) is -15.7. The third-order valence-electron chi connectivity index (χ3n) is 5.04. The molecule has 0 amide bonds. The van der Waals surface area contributed by atoms with Crippen LogP contribution in [0.3, 0.4) is 0 Å². The van der Waals surface area contributed by atoms with Gasteiger partial charge in [-0.2, -0.15) is 39.5 Å². The van der Waals surface area contributed by atoms with E-state index in [-0.39, 0.29) is 35.9 Å². The van der Waals surface area contributed by atoms with E-state index in [1.54, 1.807) is 0 Å². The molecule has 0 aliphatic rings. The highest BCUT2D eigenvalue weighted by Crippen LogP contribution is 2.35. The Kier molecular flexibility index (Phi) is 6.68. The van der Waals surface area contributed by atoms with Gasteiger partial charge in [0.25, 0.3) is 0 Å². The summed E-state index contributed by atoms with van der Waals surface area (Å²) in [5, 5.41) is 0. The van der Waals surface area contributed by atoms with Crippen LogP contribution in [-0.4, -0.2) is 6.71 Å². The van der Waals surface area contributed by atoms with E-state index < -0.39 is 75.8 Å². The molecule has 0 fully saturated rings. The van der Waals surface area contributed by atoms with Crippen molar-refractivity contribution < 1.29 is 52.7 Å². The fourth-order valence-corrected chi connectivity index (χ4v) is 3.64. The van der Waals surface area contributed by atoms with Crippen LogP contribution < -0.4 is 16.4 Å². The summed E-state index contributed by atoms with van der Waals surface area (Å²) < 4.78 is 163. The summed E-state index contributed by atoms with van der Waals surface area (Å²) in [7, 11) is 0. The molecule has 3 aromatic rings. The Hall–Kier alpha value is -3.12. The minimum absolute atomic E-state index is 0.115. The van der Waals surface area contributed by atoms with Crippen LogP contribution in [-0.2, 0) is 18.5 Å². The molecule has 0 bridgehead atoms. The molecule has 0 N–H and O–H groups in total. The fourth-order valence-electron chi connectivity index (χ4n) is 3.64. The SMILES string of the molecule is Cc1cc(B(c2cc(C(F)(F)F)cc(C(F)(F)F)c2)c2c(F)cc(F)cc2F)cc(C(F)(F)F)c1. The van der Waals surface area contributed by atoms with Crippen molar-refractivity contribution in [1.82, 2.24) is 0 Å². The Morgan fingerprint density at radius 1 is 0.514 bits per heavy atom. The zero-order valence-electron chi connectivity index (χ0n) is 17.2. The molecule has 0 aliphatic heterocycles. The molecule has 0 aliphatic carbocycles. The largest absolute Gasteiger partial charge is 0.416 e. The normalized spacial score (nSPS) is 12.7. The molecule has 186 valence electrons. The van der Waals surface area contributed by atoms with Gasteiger partial charge in [-0.05, 0) is 19.1 Å². The monoisotopic (exact) mass is 514 g/mol. The minimum atomic E-state index is -5.34. The molecular formula is C22H11BF12. The van der Waals surface area contributed by atoms with Crippen LogP contribution in [0.5, 0.6) is 0 Å². The highest BCUT2D eigenvalue weighted by atomic mass is 19.4. The topological polar surface area (TPSA) is 0 Å². The van der Waals surface area contributed by atoms with Crippen molar-refractivity contribution in [2.75, 3.05) is 0 Å². The summed E-state index contributed by atoms with van der Waals surface area (Å²) >= 11 is 0. The lowest BCUT2D eigenvalue weighted by atomic mass is 9.36. The van der Waals surface area contributed by atoms with Gasteiger partial charge in [-0.3, -0.25) is 0 Å². The quantitative estimate of drug-likeness (QED) is 0.298. The van der Waals surface area contributed by atoms with Gasteiger partial charge in [-0.15, -0.1) is 0 Å². The van der Waals surface area contributed by atoms with E-state index in [4.69, 9.17) is 0 Å². The lowest BCUT2D eigenvalue weighted by Crippen LogP contribution is -2.55. The molecule has 0 saturated heterocycles. The second-order valence-electron chi connectivity index (χ2n) is 7.69. The van der Waals surface area contributed by atoms with Crippen molar-refractivity contribution in [3.63, 3.8) is 0 Å².